The first-order chi connectivity index (χ1) is 7.27. The van der Waals surface area contributed by atoms with Crippen LogP contribution in [0.1, 0.15) is 23.1 Å². The molecule has 16 heavy (non-hydrogen) atoms. The molecule has 0 saturated heterocycles. The van der Waals surface area contributed by atoms with E-state index in [4.69, 9.17) is 15.9 Å². The van der Waals surface area contributed by atoms with E-state index in [0.717, 1.165) is 12.1 Å². The minimum atomic E-state index is -4.09. The molecule has 0 unspecified atom stereocenters. The van der Waals surface area contributed by atoms with Crippen LogP contribution < -0.4 is 0 Å². The van der Waals surface area contributed by atoms with Crippen LogP contribution in [0.3, 0.4) is 0 Å². The molecule has 0 saturated carbocycles. The number of hydrogen-bond acceptors (Lipinski definition) is 3. The van der Waals surface area contributed by atoms with Crippen LogP contribution in [-0.4, -0.2) is 8.42 Å². The van der Waals surface area contributed by atoms with E-state index < -0.39 is 25.9 Å². The summed E-state index contributed by atoms with van der Waals surface area (Å²) in [5, 5.41) is 8.62. The third kappa shape index (κ3) is 2.49. The van der Waals surface area contributed by atoms with Gasteiger partial charge in [0.15, 0.2) is 0 Å². The van der Waals surface area contributed by atoms with Crippen molar-refractivity contribution < 1.29 is 17.2 Å². The highest BCUT2D eigenvalue weighted by Gasteiger charge is 2.20. The van der Waals surface area contributed by atoms with E-state index in [2.05, 4.69) is 0 Å². The lowest BCUT2D eigenvalue weighted by Gasteiger charge is -2.07. The number of nitriles is 1. The molecule has 0 spiro atoms. The van der Waals surface area contributed by atoms with Crippen LogP contribution in [0, 0.1) is 18.3 Å². The van der Waals surface area contributed by atoms with Crippen molar-refractivity contribution in [2.75, 3.05) is 0 Å². The Morgan fingerprint density at radius 1 is 1.44 bits per heavy atom. The first kappa shape index (κ1) is 12.9. The monoisotopic (exact) mass is 265 g/mol. The molecule has 0 N–H and O–H groups in total. The first-order valence-electron chi connectivity index (χ1n) is 4.05. The fraction of sp³-hybridized carbons (Fsp3) is 0.222. The highest BCUT2D eigenvalue weighted by molar-refractivity contribution is 8.13. The van der Waals surface area contributed by atoms with Crippen molar-refractivity contribution in [1.82, 2.24) is 0 Å². The maximum Gasteiger partial charge on any atom is 0.265 e. The SMILES string of the molecule is Cc1cc(C#N)c(C(F)F)cc1S(=O)(=O)Cl. The van der Waals surface area contributed by atoms with Crippen LogP contribution in [0.4, 0.5) is 8.78 Å². The zero-order valence-corrected chi connectivity index (χ0v) is 9.61. The summed E-state index contributed by atoms with van der Waals surface area (Å²) in [5.41, 5.74) is -0.722. The summed E-state index contributed by atoms with van der Waals surface area (Å²) in [6.07, 6.45) is -2.92. The van der Waals surface area contributed by atoms with Crippen LogP contribution in [0.2, 0.25) is 0 Å². The van der Waals surface area contributed by atoms with Gasteiger partial charge in [-0.2, -0.15) is 5.26 Å². The van der Waals surface area contributed by atoms with Gasteiger partial charge in [-0.15, -0.1) is 0 Å². The van der Waals surface area contributed by atoms with Crippen molar-refractivity contribution >= 4 is 19.7 Å². The molecule has 1 aromatic carbocycles. The smallest absolute Gasteiger partial charge is 0.207 e. The predicted octanol–water partition coefficient (Wildman–Crippen LogP) is 2.73. The average molecular weight is 266 g/mol. The first-order valence-corrected chi connectivity index (χ1v) is 6.35. The highest BCUT2D eigenvalue weighted by Crippen LogP contribution is 2.29. The zero-order valence-electron chi connectivity index (χ0n) is 8.04. The Labute approximate surface area is 95.7 Å². The van der Waals surface area contributed by atoms with Crippen molar-refractivity contribution in [1.29, 1.82) is 5.26 Å². The molecular weight excluding hydrogens is 260 g/mol. The van der Waals surface area contributed by atoms with Crippen LogP contribution in [0.5, 0.6) is 0 Å². The van der Waals surface area contributed by atoms with Gasteiger partial charge in [0, 0.05) is 16.2 Å². The Hall–Kier alpha value is -1.19. The third-order valence-electron chi connectivity index (χ3n) is 1.97. The molecule has 0 radical (unpaired) electrons. The van der Waals surface area contributed by atoms with Crippen molar-refractivity contribution in [2.24, 2.45) is 0 Å². The Morgan fingerprint density at radius 2 is 2.00 bits per heavy atom. The highest BCUT2D eigenvalue weighted by atomic mass is 35.7. The molecule has 0 aliphatic carbocycles. The molecule has 0 bridgehead atoms. The number of hydrogen-bond donors (Lipinski definition) is 0. The van der Waals surface area contributed by atoms with E-state index in [0.29, 0.717) is 0 Å². The summed E-state index contributed by atoms with van der Waals surface area (Å²) in [7, 11) is 0.995. The van der Waals surface area contributed by atoms with E-state index in [9.17, 15) is 17.2 Å². The Kier molecular flexibility index (Phi) is 3.51. The minimum absolute atomic E-state index is 0.163. The van der Waals surface area contributed by atoms with Gasteiger partial charge in [0.05, 0.1) is 16.5 Å². The quantitative estimate of drug-likeness (QED) is 0.773. The van der Waals surface area contributed by atoms with Crippen LogP contribution in [-0.2, 0) is 9.05 Å². The fourth-order valence-electron chi connectivity index (χ4n) is 1.24. The number of alkyl halides is 2. The molecule has 0 atom stereocenters. The van der Waals surface area contributed by atoms with E-state index in [1.165, 1.54) is 6.92 Å². The molecule has 1 rings (SSSR count). The number of rotatable bonds is 2. The summed E-state index contributed by atoms with van der Waals surface area (Å²) >= 11 is 0. The molecule has 0 fully saturated rings. The summed E-state index contributed by atoms with van der Waals surface area (Å²) in [6.45, 7) is 1.38. The molecule has 86 valence electrons. The van der Waals surface area contributed by atoms with Crippen molar-refractivity contribution in [3.63, 3.8) is 0 Å². The molecule has 0 amide bonds. The Bertz CT molecular complexity index is 564. The van der Waals surface area contributed by atoms with Gasteiger partial charge >= 0.3 is 0 Å². The van der Waals surface area contributed by atoms with Crippen molar-refractivity contribution in [3.05, 3.63) is 28.8 Å². The van der Waals surface area contributed by atoms with E-state index in [1.807, 2.05) is 0 Å². The molecule has 0 aliphatic heterocycles. The molecule has 0 heterocycles. The summed E-state index contributed by atoms with van der Waals surface area (Å²) < 4.78 is 47.2. The normalized spacial score (nSPS) is 11.5. The zero-order chi connectivity index (χ0) is 12.5. The second kappa shape index (κ2) is 4.36. The maximum absolute atomic E-state index is 12.5. The van der Waals surface area contributed by atoms with Crippen molar-refractivity contribution in [2.45, 2.75) is 18.2 Å². The standard InChI is InChI=1S/C9H6ClF2NO2S/c1-5-2-6(4-13)7(9(11)12)3-8(5)16(10,14)15/h2-3,9H,1H3. The summed E-state index contributed by atoms with van der Waals surface area (Å²) in [6, 6.07) is 3.40. The lowest BCUT2D eigenvalue weighted by Crippen LogP contribution is -2.00. The topological polar surface area (TPSA) is 57.9 Å². The van der Waals surface area contributed by atoms with Gasteiger partial charge < -0.3 is 0 Å². The van der Waals surface area contributed by atoms with E-state index in [-0.39, 0.29) is 11.1 Å². The molecule has 0 aromatic heterocycles. The maximum atomic E-state index is 12.5. The Morgan fingerprint density at radius 3 is 2.38 bits per heavy atom. The van der Waals surface area contributed by atoms with E-state index >= 15 is 0 Å². The molecule has 7 heteroatoms. The van der Waals surface area contributed by atoms with E-state index in [1.54, 1.807) is 6.07 Å². The fourth-order valence-corrected chi connectivity index (χ4v) is 2.45. The van der Waals surface area contributed by atoms with Gasteiger partial charge in [0.1, 0.15) is 0 Å². The molecule has 0 aliphatic rings. The van der Waals surface area contributed by atoms with Crippen LogP contribution >= 0.6 is 10.7 Å². The molecule has 3 nitrogen and oxygen atoms in total. The van der Waals surface area contributed by atoms with Crippen LogP contribution in [0.15, 0.2) is 17.0 Å². The minimum Gasteiger partial charge on any atom is -0.207 e. The van der Waals surface area contributed by atoms with Gasteiger partial charge in [0.2, 0.25) is 0 Å². The molecular formula is C9H6ClF2NO2S. The number of aryl methyl sites for hydroxylation is 1. The van der Waals surface area contributed by atoms with Gasteiger partial charge in [0.25, 0.3) is 15.5 Å². The van der Waals surface area contributed by atoms with Gasteiger partial charge in [-0.3, -0.25) is 0 Å². The predicted molar refractivity (Wildman–Crippen MR) is 53.9 cm³/mol. The summed E-state index contributed by atoms with van der Waals surface area (Å²) in [4.78, 5) is -0.400. The van der Waals surface area contributed by atoms with Crippen LogP contribution in [0.25, 0.3) is 0 Å². The lowest BCUT2D eigenvalue weighted by atomic mass is 10.1. The third-order valence-corrected chi connectivity index (χ3v) is 3.43. The number of halogens is 3. The molecule has 1 aromatic rings. The Balaban J connectivity index is 3.60. The average Bonchev–Trinajstić information content (AvgIpc) is 2.14. The van der Waals surface area contributed by atoms with Gasteiger partial charge in [-0.05, 0) is 24.6 Å². The van der Waals surface area contributed by atoms with Gasteiger partial charge in [-0.1, -0.05) is 0 Å². The summed E-state index contributed by atoms with van der Waals surface area (Å²) in [5.74, 6) is 0. The number of benzene rings is 1. The largest absolute Gasteiger partial charge is 0.265 e. The van der Waals surface area contributed by atoms with Gasteiger partial charge in [-0.25, -0.2) is 17.2 Å². The lowest BCUT2D eigenvalue weighted by molar-refractivity contribution is 0.151. The van der Waals surface area contributed by atoms with Crippen molar-refractivity contribution in [3.8, 4) is 6.07 Å². The second-order valence-electron chi connectivity index (χ2n) is 3.06. The second-order valence-corrected chi connectivity index (χ2v) is 5.59. The number of nitrogens with zero attached hydrogens (tertiary/aromatic N) is 1.